The molecule has 178 valence electrons. The lowest BCUT2D eigenvalue weighted by atomic mass is 9.97. The molecule has 3 N–H and O–H groups in total. The predicted octanol–water partition coefficient (Wildman–Crippen LogP) is 4.45. The van der Waals surface area contributed by atoms with Crippen molar-refractivity contribution >= 4 is 44.7 Å². The van der Waals surface area contributed by atoms with E-state index in [4.69, 9.17) is 28.6 Å². The second-order valence-electron chi connectivity index (χ2n) is 8.25. The van der Waals surface area contributed by atoms with Crippen molar-refractivity contribution in [2.75, 3.05) is 39.0 Å². The minimum atomic E-state index is -3.68. The fourth-order valence-electron chi connectivity index (χ4n) is 3.68. The van der Waals surface area contributed by atoms with E-state index in [0.717, 1.165) is 43.0 Å². The number of sulfonamides is 1. The molecule has 0 spiro atoms. The maximum atomic E-state index is 12.6. The van der Waals surface area contributed by atoms with Gasteiger partial charge >= 0.3 is 0 Å². The van der Waals surface area contributed by atoms with E-state index in [0.29, 0.717) is 12.4 Å². The zero-order valence-corrected chi connectivity index (χ0v) is 21.1. The summed E-state index contributed by atoms with van der Waals surface area (Å²) in [6.07, 6.45) is 1.66. The van der Waals surface area contributed by atoms with Crippen LogP contribution in [-0.2, 0) is 10.0 Å². The summed E-state index contributed by atoms with van der Waals surface area (Å²) in [5, 5.41) is 12.2. The van der Waals surface area contributed by atoms with E-state index in [-0.39, 0.29) is 20.9 Å². The van der Waals surface area contributed by atoms with Crippen LogP contribution in [0.25, 0.3) is 0 Å². The molecule has 0 radical (unpaired) electrons. The monoisotopic (exact) mass is 509 g/mol. The minimum Gasteiger partial charge on any atom is -0.363 e. The smallest absolute Gasteiger partial charge is 0.240 e. The van der Waals surface area contributed by atoms with Crippen LogP contribution in [-0.4, -0.2) is 57.8 Å². The number of likely N-dealkylation sites (tertiary alicyclic amines) is 1. The number of hydrogen-bond acceptors (Lipinski definition) is 5. The van der Waals surface area contributed by atoms with Gasteiger partial charge in [-0.2, -0.15) is 0 Å². The molecule has 2 aromatic rings. The second-order valence-corrected chi connectivity index (χ2v) is 10.9. The van der Waals surface area contributed by atoms with E-state index in [1.54, 1.807) is 4.90 Å². The van der Waals surface area contributed by atoms with Crippen LogP contribution in [0.2, 0.25) is 10.0 Å². The number of amidine groups is 1. The molecule has 0 atom stereocenters. The van der Waals surface area contributed by atoms with Crippen LogP contribution in [0, 0.1) is 11.3 Å². The summed E-state index contributed by atoms with van der Waals surface area (Å²) >= 11 is 11.9. The average molecular weight is 510 g/mol. The maximum absolute atomic E-state index is 12.6. The van der Waals surface area contributed by atoms with Gasteiger partial charge in [0.05, 0.1) is 16.4 Å². The first-order valence-electron chi connectivity index (χ1n) is 10.6. The summed E-state index contributed by atoms with van der Waals surface area (Å²) in [7, 11) is 0.000721. The van der Waals surface area contributed by atoms with Gasteiger partial charge < -0.3 is 15.1 Å². The van der Waals surface area contributed by atoms with Crippen molar-refractivity contribution in [3.05, 3.63) is 70.5 Å². The Morgan fingerprint density at radius 2 is 1.76 bits per heavy atom. The summed E-state index contributed by atoms with van der Waals surface area (Å²) < 4.78 is 27.9. The molecule has 0 aromatic heterocycles. The topological polar surface area (TPSA) is 88.5 Å². The molecular weight excluding hydrogens is 481 g/mol. The van der Waals surface area contributed by atoms with Crippen molar-refractivity contribution in [1.82, 2.24) is 14.5 Å². The number of nitrogens with zero attached hydrogens (tertiary/aromatic N) is 2. The van der Waals surface area contributed by atoms with Crippen molar-refractivity contribution in [3.63, 3.8) is 0 Å². The van der Waals surface area contributed by atoms with Crippen molar-refractivity contribution in [3.8, 4) is 0 Å². The molecule has 0 aliphatic carbocycles. The number of nitrogens with one attached hydrogen (secondary N) is 3. The highest BCUT2D eigenvalue weighted by atomic mass is 35.5. The highest BCUT2D eigenvalue weighted by Gasteiger charge is 2.23. The standard InChI is InChI=1S/C23H29Cl2N5O2S/c1-16(28-22-7-5-4-6-21(22)23(26)29(2)3)30-10-8-17(9-11-30)15-27-33(31,32)20-13-18(24)12-19(25)14-20/h4-7,12-14,17,26-28H,1,8-11,15H2,2-3H3. The average Bonchev–Trinajstić information content (AvgIpc) is 2.77. The Labute approximate surface area is 205 Å². The van der Waals surface area contributed by atoms with Gasteiger partial charge in [0.2, 0.25) is 10.0 Å². The number of para-hydroxylation sites is 1. The third kappa shape index (κ3) is 6.63. The number of rotatable bonds is 8. The molecule has 0 bridgehead atoms. The molecular formula is C23H29Cl2N5O2S. The molecule has 1 aliphatic heterocycles. The molecule has 1 fully saturated rings. The van der Waals surface area contributed by atoms with Gasteiger partial charge in [-0.05, 0) is 49.1 Å². The van der Waals surface area contributed by atoms with Crippen molar-refractivity contribution < 1.29 is 8.42 Å². The van der Waals surface area contributed by atoms with E-state index in [2.05, 4.69) is 21.5 Å². The fraction of sp³-hybridized carbons (Fsp3) is 0.348. The number of anilines is 1. The summed E-state index contributed by atoms with van der Waals surface area (Å²) in [5.41, 5.74) is 1.63. The Balaban J connectivity index is 1.54. The van der Waals surface area contributed by atoms with Gasteiger partial charge in [0.25, 0.3) is 0 Å². The zero-order valence-electron chi connectivity index (χ0n) is 18.7. The third-order valence-corrected chi connectivity index (χ3v) is 7.45. The van der Waals surface area contributed by atoms with Gasteiger partial charge in [-0.25, -0.2) is 13.1 Å². The highest BCUT2D eigenvalue weighted by Crippen LogP contribution is 2.25. The van der Waals surface area contributed by atoms with Crippen LogP contribution in [0.3, 0.4) is 0 Å². The molecule has 1 heterocycles. The van der Waals surface area contributed by atoms with Gasteiger partial charge in [-0.15, -0.1) is 0 Å². The molecule has 0 unspecified atom stereocenters. The highest BCUT2D eigenvalue weighted by molar-refractivity contribution is 7.89. The summed E-state index contributed by atoms with van der Waals surface area (Å²) in [6, 6.07) is 12.0. The van der Waals surface area contributed by atoms with Gasteiger partial charge in [-0.1, -0.05) is 41.9 Å². The Hall–Kier alpha value is -2.26. The quantitative estimate of drug-likeness (QED) is 0.361. The molecule has 3 rings (SSSR count). The number of hydrogen-bond donors (Lipinski definition) is 3. The summed E-state index contributed by atoms with van der Waals surface area (Å²) in [6.45, 7) is 6.05. The largest absolute Gasteiger partial charge is 0.363 e. The summed E-state index contributed by atoms with van der Waals surface area (Å²) in [5.74, 6) is 1.40. The zero-order chi connectivity index (χ0) is 24.2. The van der Waals surface area contributed by atoms with Gasteiger partial charge in [0.15, 0.2) is 0 Å². The van der Waals surface area contributed by atoms with E-state index in [9.17, 15) is 8.42 Å². The number of halogens is 2. The van der Waals surface area contributed by atoms with E-state index in [1.807, 2.05) is 38.4 Å². The van der Waals surface area contributed by atoms with E-state index in [1.165, 1.54) is 18.2 Å². The predicted molar refractivity (Wildman–Crippen MR) is 136 cm³/mol. The summed E-state index contributed by atoms with van der Waals surface area (Å²) in [4.78, 5) is 3.97. The molecule has 0 amide bonds. The van der Waals surface area contributed by atoms with Gasteiger partial charge in [0.1, 0.15) is 5.84 Å². The van der Waals surface area contributed by atoms with E-state index >= 15 is 0 Å². The van der Waals surface area contributed by atoms with Crippen LogP contribution < -0.4 is 10.0 Å². The maximum Gasteiger partial charge on any atom is 0.240 e. The lowest BCUT2D eigenvalue weighted by Crippen LogP contribution is -2.39. The normalized spacial score (nSPS) is 14.7. The Kier molecular flexibility index (Phi) is 8.28. The van der Waals surface area contributed by atoms with Crippen molar-refractivity contribution in [1.29, 1.82) is 5.41 Å². The van der Waals surface area contributed by atoms with Crippen LogP contribution >= 0.6 is 23.2 Å². The lowest BCUT2D eigenvalue weighted by molar-refractivity contribution is 0.230. The van der Waals surface area contributed by atoms with Crippen molar-refractivity contribution in [2.24, 2.45) is 5.92 Å². The third-order valence-electron chi connectivity index (χ3n) is 5.61. The molecule has 1 saturated heterocycles. The van der Waals surface area contributed by atoms with Gasteiger partial charge in [0, 0.05) is 49.3 Å². The number of piperidine rings is 1. The molecule has 10 heteroatoms. The first-order valence-corrected chi connectivity index (χ1v) is 12.8. The first-order chi connectivity index (χ1) is 15.6. The van der Waals surface area contributed by atoms with Crippen LogP contribution in [0.4, 0.5) is 5.69 Å². The fourth-order valence-corrected chi connectivity index (χ4v) is 5.52. The van der Waals surface area contributed by atoms with E-state index < -0.39 is 10.0 Å². The molecule has 33 heavy (non-hydrogen) atoms. The SMILES string of the molecule is C=C(Nc1ccccc1C(=N)N(C)C)N1CCC(CNS(=O)(=O)c2cc(Cl)cc(Cl)c2)CC1. The molecule has 0 saturated carbocycles. The lowest BCUT2D eigenvalue weighted by Gasteiger charge is -2.35. The van der Waals surface area contributed by atoms with Crippen molar-refractivity contribution in [2.45, 2.75) is 17.7 Å². The Morgan fingerprint density at radius 3 is 2.36 bits per heavy atom. The Morgan fingerprint density at radius 1 is 1.15 bits per heavy atom. The molecule has 2 aromatic carbocycles. The minimum absolute atomic E-state index is 0.0666. The molecule has 7 nitrogen and oxygen atoms in total. The van der Waals surface area contributed by atoms with Crippen LogP contribution in [0.1, 0.15) is 18.4 Å². The molecule has 1 aliphatic rings. The number of benzene rings is 2. The second kappa shape index (κ2) is 10.8. The van der Waals surface area contributed by atoms with Crippen LogP contribution in [0.5, 0.6) is 0 Å². The Bertz CT molecular complexity index is 1110. The van der Waals surface area contributed by atoms with Gasteiger partial charge in [-0.3, -0.25) is 5.41 Å². The van der Waals surface area contributed by atoms with Crippen LogP contribution in [0.15, 0.2) is 59.8 Å². The first kappa shape index (κ1) is 25.4.